The predicted molar refractivity (Wildman–Crippen MR) is 75.5 cm³/mol. The first kappa shape index (κ1) is 13.4. The molecule has 0 aliphatic carbocycles. The van der Waals surface area contributed by atoms with Gasteiger partial charge < -0.3 is 10.1 Å². The Morgan fingerprint density at radius 3 is 3.05 bits per heavy atom. The minimum absolute atomic E-state index is 0.707. The Hall–Kier alpha value is -2.04. The molecule has 1 N–H and O–H groups in total. The van der Waals surface area contributed by atoms with Crippen molar-refractivity contribution in [2.75, 3.05) is 18.5 Å². The molecule has 0 aliphatic heterocycles. The molecule has 2 rings (SSSR count). The van der Waals surface area contributed by atoms with Crippen molar-refractivity contribution in [2.45, 2.75) is 26.8 Å². The van der Waals surface area contributed by atoms with E-state index in [0.717, 1.165) is 31.1 Å². The van der Waals surface area contributed by atoms with Crippen LogP contribution in [-0.4, -0.2) is 27.9 Å². The molecule has 0 amide bonds. The molecular weight excluding hydrogens is 240 g/mol. The van der Waals surface area contributed by atoms with Crippen LogP contribution < -0.4 is 10.1 Å². The Morgan fingerprint density at radius 1 is 1.42 bits per heavy atom. The highest BCUT2D eigenvalue weighted by atomic mass is 16.5. The van der Waals surface area contributed by atoms with E-state index in [1.807, 2.05) is 36.1 Å². The molecule has 2 aromatic rings. The van der Waals surface area contributed by atoms with Gasteiger partial charge in [-0.3, -0.25) is 4.68 Å². The molecule has 102 valence electrons. The van der Waals surface area contributed by atoms with Crippen molar-refractivity contribution >= 4 is 5.82 Å². The highest BCUT2D eigenvalue weighted by molar-refractivity contribution is 5.49. The van der Waals surface area contributed by atoms with Crippen molar-refractivity contribution < 1.29 is 4.74 Å². The number of nitrogens with zero attached hydrogens (tertiary/aromatic N) is 3. The molecule has 19 heavy (non-hydrogen) atoms. The lowest BCUT2D eigenvalue weighted by atomic mass is 10.4. The zero-order chi connectivity index (χ0) is 13.5. The van der Waals surface area contributed by atoms with Gasteiger partial charge in [0.05, 0.1) is 19.3 Å². The van der Waals surface area contributed by atoms with Crippen molar-refractivity contribution in [1.82, 2.24) is 14.8 Å². The third-order valence-electron chi connectivity index (χ3n) is 2.63. The van der Waals surface area contributed by atoms with Crippen LogP contribution in [0.1, 0.15) is 18.9 Å². The van der Waals surface area contributed by atoms with E-state index in [0.29, 0.717) is 6.61 Å². The second-order valence-corrected chi connectivity index (χ2v) is 4.41. The normalized spacial score (nSPS) is 10.4. The monoisotopic (exact) mass is 260 g/mol. The summed E-state index contributed by atoms with van der Waals surface area (Å²) in [7, 11) is 0. The first-order chi connectivity index (χ1) is 9.29. The van der Waals surface area contributed by atoms with Gasteiger partial charge in [0.15, 0.2) is 11.6 Å². The first-order valence-corrected chi connectivity index (χ1v) is 6.60. The molecule has 2 heterocycles. The second kappa shape index (κ2) is 6.78. The molecular formula is C14H20N4O. The number of hydrogen-bond donors (Lipinski definition) is 1. The third kappa shape index (κ3) is 3.98. The lowest BCUT2D eigenvalue weighted by molar-refractivity contribution is 0.317. The Bertz CT molecular complexity index is 510. The summed E-state index contributed by atoms with van der Waals surface area (Å²) in [6, 6.07) is 3.82. The lowest BCUT2D eigenvalue weighted by Gasteiger charge is -2.11. The molecule has 5 heteroatoms. The van der Waals surface area contributed by atoms with Crippen LogP contribution in [0.15, 0.2) is 30.7 Å². The molecule has 0 aliphatic rings. The van der Waals surface area contributed by atoms with Crippen LogP contribution in [0, 0.1) is 6.92 Å². The van der Waals surface area contributed by atoms with Gasteiger partial charge in [-0.1, -0.05) is 6.92 Å². The summed E-state index contributed by atoms with van der Waals surface area (Å²) in [4.78, 5) is 4.30. The van der Waals surface area contributed by atoms with Crippen LogP contribution >= 0.6 is 0 Å². The van der Waals surface area contributed by atoms with Crippen LogP contribution in [0.5, 0.6) is 5.75 Å². The summed E-state index contributed by atoms with van der Waals surface area (Å²) in [5, 5.41) is 7.53. The van der Waals surface area contributed by atoms with Gasteiger partial charge in [0.25, 0.3) is 0 Å². The van der Waals surface area contributed by atoms with Crippen molar-refractivity contribution in [3.05, 3.63) is 36.3 Å². The number of anilines is 1. The van der Waals surface area contributed by atoms with Gasteiger partial charge in [-0.05, 0) is 31.0 Å². The molecule has 0 aromatic carbocycles. The van der Waals surface area contributed by atoms with Crippen LogP contribution in [0.2, 0.25) is 0 Å². The van der Waals surface area contributed by atoms with Gasteiger partial charge in [-0.15, -0.1) is 0 Å². The highest BCUT2D eigenvalue weighted by Gasteiger charge is 2.03. The number of nitrogens with one attached hydrogen (secondary N) is 1. The van der Waals surface area contributed by atoms with Gasteiger partial charge in [0.2, 0.25) is 0 Å². The zero-order valence-electron chi connectivity index (χ0n) is 11.5. The van der Waals surface area contributed by atoms with E-state index >= 15 is 0 Å². The fourth-order valence-corrected chi connectivity index (χ4v) is 1.73. The van der Waals surface area contributed by atoms with Crippen LogP contribution in [0.3, 0.4) is 0 Å². The molecule has 5 nitrogen and oxygen atoms in total. The minimum atomic E-state index is 0.707. The Labute approximate surface area is 113 Å². The summed E-state index contributed by atoms with van der Waals surface area (Å²) in [5.41, 5.74) is 1.17. The summed E-state index contributed by atoms with van der Waals surface area (Å²) in [5.74, 6) is 1.60. The lowest BCUT2D eigenvalue weighted by Crippen LogP contribution is -2.12. The molecule has 0 saturated carbocycles. The zero-order valence-corrected chi connectivity index (χ0v) is 11.5. The Kier molecular flexibility index (Phi) is 4.78. The largest absolute Gasteiger partial charge is 0.490 e. The molecule has 0 saturated heterocycles. The topological polar surface area (TPSA) is 52.0 Å². The summed E-state index contributed by atoms with van der Waals surface area (Å²) < 4.78 is 7.56. The van der Waals surface area contributed by atoms with E-state index in [1.54, 1.807) is 6.20 Å². The molecule has 0 fully saturated rings. The number of aryl methyl sites for hydroxylation is 1. The molecule has 0 atom stereocenters. The number of hydrogen-bond acceptors (Lipinski definition) is 4. The Balaban J connectivity index is 1.88. The van der Waals surface area contributed by atoms with E-state index in [9.17, 15) is 0 Å². The molecule has 0 spiro atoms. The maximum Gasteiger partial charge on any atom is 0.168 e. The molecule has 2 aromatic heterocycles. The van der Waals surface area contributed by atoms with E-state index < -0.39 is 0 Å². The average Bonchev–Trinajstić information content (AvgIpc) is 2.83. The smallest absolute Gasteiger partial charge is 0.168 e. The number of pyridine rings is 1. The van der Waals surface area contributed by atoms with Gasteiger partial charge in [-0.2, -0.15) is 5.10 Å². The van der Waals surface area contributed by atoms with Crippen molar-refractivity contribution in [3.63, 3.8) is 0 Å². The number of ether oxygens (including phenoxy) is 1. The maximum absolute atomic E-state index is 5.65. The third-order valence-corrected chi connectivity index (χ3v) is 2.63. The van der Waals surface area contributed by atoms with Gasteiger partial charge in [0.1, 0.15) is 0 Å². The fourth-order valence-electron chi connectivity index (χ4n) is 1.73. The van der Waals surface area contributed by atoms with Gasteiger partial charge in [-0.25, -0.2) is 4.98 Å². The van der Waals surface area contributed by atoms with Gasteiger partial charge in [0, 0.05) is 18.9 Å². The summed E-state index contributed by atoms with van der Waals surface area (Å²) in [6.07, 6.45) is 6.63. The molecule has 0 bridgehead atoms. The average molecular weight is 260 g/mol. The Morgan fingerprint density at radius 2 is 2.32 bits per heavy atom. The van der Waals surface area contributed by atoms with Crippen LogP contribution in [0.25, 0.3) is 0 Å². The van der Waals surface area contributed by atoms with E-state index in [1.165, 1.54) is 5.56 Å². The van der Waals surface area contributed by atoms with Crippen molar-refractivity contribution in [3.8, 4) is 5.75 Å². The predicted octanol–water partition coefficient (Wildman–Crippen LogP) is 2.49. The maximum atomic E-state index is 5.65. The quantitative estimate of drug-likeness (QED) is 0.831. The van der Waals surface area contributed by atoms with Crippen molar-refractivity contribution in [1.29, 1.82) is 0 Å². The SMILES string of the molecule is CCCOc1cccnc1NCCn1cc(C)cn1. The standard InChI is InChI=1S/C14H20N4O/c1-3-9-19-13-5-4-6-15-14(13)16-7-8-18-11-12(2)10-17-18/h4-6,10-11H,3,7-9H2,1-2H3,(H,15,16). The number of rotatable bonds is 7. The first-order valence-electron chi connectivity index (χ1n) is 6.60. The van der Waals surface area contributed by atoms with Crippen LogP contribution in [0.4, 0.5) is 5.82 Å². The molecule has 0 unspecified atom stereocenters. The van der Waals surface area contributed by atoms with Crippen LogP contribution in [-0.2, 0) is 6.54 Å². The number of aromatic nitrogens is 3. The van der Waals surface area contributed by atoms with Gasteiger partial charge >= 0.3 is 0 Å². The highest BCUT2D eigenvalue weighted by Crippen LogP contribution is 2.20. The van der Waals surface area contributed by atoms with E-state index in [-0.39, 0.29) is 0 Å². The molecule has 0 radical (unpaired) electrons. The van der Waals surface area contributed by atoms with E-state index in [4.69, 9.17) is 4.74 Å². The summed E-state index contributed by atoms with van der Waals surface area (Å²) >= 11 is 0. The fraction of sp³-hybridized carbons (Fsp3) is 0.429. The minimum Gasteiger partial charge on any atom is -0.490 e. The van der Waals surface area contributed by atoms with E-state index in [2.05, 4.69) is 22.3 Å². The summed E-state index contributed by atoms with van der Waals surface area (Å²) in [6.45, 7) is 6.40. The van der Waals surface area contributed by atoms with Crippen molar-refractivity contribution in [2.24, 2.45) is 0 Å². The second-order valence-electron chi connectivity index (χ2n) is 4.41.